The van der Waals surface area contributed by atoms with Gasteiger partial charge >= 0.3 is 0 Å². The Morgan fingerprint density at radius 2 is 2.22 bits per heavy atom. The number of aryl methyl sites for hydroxylation is 2. The number of carbonyl (C=O) groups is 1. The third kappa shape index (κ3) is 3.17. The van der Waals surface area contributed by atoms with E-state index in [1.54, 1.807) is 5.51 Å². The van der Waals surface area contributed by atoms with E-state index in [-0.39, 0.29) is 5.91 Å². The van der Waals surface area contributed by atoms with Crippen LogP contribution in [0.1, 0.15) is 16.1 Å². The van der Waals surface area contributed by atoms with Gasteiger partial charge in [0.1, 0.15) is 0 Å². The highest BCUT2D eigenvalue weighted by atomic mass is 79.9. The first-order chi connectivity index (χ1) is 8.56. The summed E-state index contributed by atoms with van der Waals surface area (Å²) in [6.45, 7) is 3.93. The van der Waals surface area contributed by atoms with Crippen molar-refractivity contribution in [3.05, 3.63) is 44.3 Å². The van der Waals surface area contributed by atoms with E-state index in [4.69, 9.17) is 0 Å². The molecule has 2 aromatic rings. The van der Waals surface area contributed by atoms with Crippen molar-refractivity contribution in [1.29, 1.82) is 0 Å². The number of nitrogens with zero attached hydrogens (tertiary/aromatic N) is 1. The smallest absolute Gasteiger partial charge is 0.229 e. The van der Waals surface area contributed by atoms with E-state index in [0.717, 1.165) is 26.3 Å². The van der Waals surface area contributed by atoms with Gasteiger partial charge in [0, 0.05) is 9.35 Å². The molecule has 0 saturated carbocycles. The molecule has 0 unspecified atom stereocenters. The molecule has 0 atom stereocenters. The number of aromatic nitrogens is 1. The third-order valence-corrected chi connectivity index (χ3v) is 4.16. The normalized spacial score (nSPS) is 10.4. The fourth-order valence-corrected chi connectivity index (χ4v) is 2.93. The van der Waals surface area contributed by atoms with Gasteiger partial charge in [0.2, 0.25) is 5.91 Å². The van der Waals surface area contributed by atoms with Gasteiger partial charge < -0.3 is 5.32 Å². The summed E-state index contributed by atoms with van der Waals surface area (Å²) >= 11 is 4.95. The number of amides is 1. The van der Waals surface area contributed by atoms with Gasteiger partial charge in [-0.1, -0.05) is 6.07 Å². The van der Waals surface area contributed by atoms with Gasteiger partial charge in [0.15, 0.2) is 0 Å². The second-order valence-electron chi connectivity index (χ2n) is 4.07. The Kier molecular flexibility index (Phi) is 4.14. The highest BCUT2D eigenvalue weighted by Gasteiger charge is 2.10. The number of benzene rings is 1. The Balaban J connectivity index is 2.05. The van der Waals surface area contributed by atoms with E-state index in [2.05, 4.69) is 26.2 Å². The molecule has 18 heavy (non-hydrogen) atoms. The van der Waals surface area contributed by atoms with Crippen molar-refractivity contribution >= 4 is 38.9 Å². The van der Waals surface area contributed by atoms with Crippen LogP contribution in [0.25, 0.3) is 0 Å². The van der Waals surface area contributed by atoms with Crippen molar-refractivity contribution in [3.8, 4) is 0 Å². The SMILES string of the molecule is Cc1ccc(NC(=O)Cc2scnc2C)c(Br)c1. The van der Waals surface area contributed by atoms with Crippen LogP contribution in [-0.2, 0) is 11.2 Å². The van der Waals surface area contributed by atoms with Gasteiger partial charge in [-0.05, 0) is 47.5 Å². The number of hydrogen-bond acceptors (Lipinski definition) is 3. The van der Waals surface area contributed by atoms with Crippen molar-refractivity contribution in [3.63, 3.8) is 0 Å². The number of carbonyl (C=O) groups excluding carboxylic acids is 1. The third-order valence-electron chi connectivity index (χ3n) is 2.56. The molecular formula is C13H13BrN2OS. The van der Waals surface area contributed by atoms with Gasteiger partial charge in [-0.2, -0.15) is 0 Å². The first-order valence-electron chi connectivity index (χ1n) is 5.51. The van der Waals surface area contributed by atoms with Crippen molar-refractivity contribution in [2.75, 3.05) is 5.32 Å². The lowest BCUT2D eigenvalue weighted by molar-refractivity contribution is -0.115. The summed E-state index contributed by atoms with van der Waals surface area (Å²) in [5.74, 6) is -0.0214. The maximum absolute atomic E-state index is 11.9. The Hall–Kier alpha value is -1.20. The zero-order chi connectivity index (χ0) is 13.1. The van der Waals surface area contributed by atoms with Crippen molar-refractivity contribution in [1.82, 2.24) is 4.98 Å². The fourth-order valence-electron chi connectivity index (χ4n) is 1.56. The van der Waals surface area contributed by atoms with Crippen LogP contribution in [-0.4, -0.2) is 10.9 Å². The Bertz CT molecular complexity index is 580. The molecule has 1 aromatic heterocycles. The van der Waals surface area contributed by atoms with E-state index in [0.29, 0.717) is 6.42 Å². The molecule has 0 spiro atoms. The average Bonchev–Trinajstić information content (AvgIpc) is 2.69. The van der Waals surface area contributed by atoms with Gasteiger partial charge in [-0.25, -0.2) is 4.98 Å². The van der Waals surface area contributed by atoms with E-state index < -0.39 is 0 Å². The minimum Gasteiger partial charge on any atom is -0.325 e. The standard InChI is InChI=1S/C13H13BrN2OS/c1-8-3-4-11(10(14)5-8)16-13(17)6-12-9(2)15-7-18-12/h3-5,7H,6H2,1-2H3,(H,16,17). The molecule has 1 N–H and O–H groups in total. The predicted molar refractivity (Wildman–Crippen MR) is 78.1 cm³/mol. The van der Waals surface area contributed by atoms with E-state index >= 15 is 0 Å². The molecule has 1 aromatic carbocycles. The second-order valence-corrected chi connectivity index (χ2v) is 5.86. The Morgan fingerprint density at radius 1 is 1.44 bits per heavy atom. The summed E-state index contributed by atoms with van der Waals surface area (Å²) in [4.78, 5) is 17.1. The van der Waals surface area contributed by atoms with Gasteiger partial charge in [0.05, 0.1) is 23.3 Å². The van der Waals surface area contributed by atoms with Crippen molar-refractivity contribution in [2.45, 2.75) is 20.3 Å². The quantitative estimate of drug-likeness (QED) is 0.935. The van der Waals surface area contributed by atoms with E-state index in [9.17, 15) is 4.79 Å². The highest BCUT2D eigenvalue weighted by molar-refractivity contribution is 9.10. The molecule has 1 heterocycles. The number of anilines is 1. The van der Waals surface area contributed by atoms with Crippen LogP contribution in [0, 0.1) is 13.8 Å². The molecule has 5 heteroatoms. The molecule has 0 saturated heterocycles. The zero-order valence-corrected chi connectivity index (χ0v) is 12.6. The summed E-state index contributed by atoms with van der Waals surface area (Å²) in [5.41, 5.74) is 4.64. The van der Waals surface area contributed by atoms with Gasteiger partial charge in [-0.15, -0.1) is 11.3 Å². The molecule has 94 valence electrons. The first-order valence-corrected chi connectivity index (χ1v) is 7.18. The Morgan fingerprint density at radius 3 is 2.83 bits per heavy atom. The van der Waals surface area contributed by atoms with Crippen LogP contribution in [0.4, 0.5) is 5.69 Å². The number of hydrogen-bond donors (Lipinski definition) is 1. The van der Waals surface area contributed by atoms with Gasteiger partial charge in [-0.3, -0.25) is 4.79 Å². The molecule has 0 aliphatic carbocycles. The topological polar surface area (TPSA) is 42.0 Å². The molecular weight excluding hydrogens is 312 g/mol. The lowest BCUT2D eigenvalue weighted by Crippen LogP contribution is -2.14. The average molecular weight is 325 g/mol. The van der Waals surface area contributed by atoms with Crippen LogP contribution in [0.5, 0.6) is 0 Å². The van der Waals surface area contributed by atoms with Crippen molar-refractivity contribution in [2.24, 2.45) is 0 Å². The van der Waals surface area contributed by atoms with E-state index in [1.165, 1.54) is 11.3 Å². The zero-order valence-electron chi connectivity index (χ0n) is 10.2. The molecule has 1 amide bonds. The number of nitrogens with one attached hydrogen (secondary N) is 1. The minimum absolute atomic E-state index is 0.0214. The van der Waals surface area contributed by atoms with Crippen LogP contribution >= 0.6 is 27.3 Å². The summed E-state index contributed by atoms with van der Waals surface area (Å²) in [7, 11) is 0. The van der Waals surface area contributed by atoms with Crippen LogP contribution in [0.15, 0.2) is 28.2 Å². The van der Waals surface area contributed by atoms with Gasteiger partial charge in [0.25, 0.3) is 0 Å². The van der Waals surface area contributed by atoms with Crippen molar-refractivity contribution < 1.29 is 4.79 Å². The van der Waals surface area contributed by atoms with Crippen LogP contribution in [0.2, 0.25) is 0 Å². The largest absolute Gasteiger partial charge is 0.325 e. The number of halogens is 1. The number of thiazole rings is 1. The molecule has 3 nitrogen and oxygen atoms in total. The van der Waals surface area contributed by atoms with E-state index in [1.807, 2.05) is 32.0 Å². The highest BCUT2D eigenvalue weighted by Crippen LogP contribution is 2.23. The molecule has 0 aliphatic heterocycles. The molecule has 0 bridgehead atoms. The maximum atomic E-state index is 11.9. The predicted octanol–water partition coefficient (Wildman–Crippen LogP) is 3.70. The monoisotopic (exact) mass is 324 g/mol. The Labute approximate surface area is 118 Å². The summed E-state index contributed by atoms with van der Waals surface area (Å²) < 4.78 is 0.900. The lowest BCUT2D eigenvalue weighted by atomic mass is 10.2. The summed E-state index contributed by atoms with van der Waals surface area (Å²) in [5, 5.41) is 2.90. The maximum Gasteiger partial charge on any atom is 0.229 e. The fraction of sp³-hybridized carbons (Fsp3) is 0.231. The molecule has 0 aliphatic rings. The summed E-state index contributed by atoms with van der Waals surface area (Å²) in [6, 6.07) is 5.85. The lowest BCUT2D eigenvalue weighted by Gasteiger charge is -2.07. The van der Waals surface area contributed by atoms with Crippen LogP contribution in [0.3, 0.4) is 0 Å². The first kappa shape index (κ1) is 13.2. The second kappa shape index (κ2) is 5.63. The molecule has 0 radical (unpaired) electrons. The van der Waals surface area contributed by atoms with Crippen LogP contribution < -0.4 is 5.32 Å². The number of rotatable bonds is 3. The molecule has 0 fully saturated rings. The minimum atomic E-state index is -0.0214. The molecule has 2 rings (SSSR count). The summed E-state index contributed by atoms with van der Waals surface area (Å²) in [6.07, 6.45) is 0.372.